The van der Waals surface area contributed by atoms with Crippen molar-refractivity contribution >= 4 is 41.3 Å². The van der Waals surface area contributed by atoms with Gasteiger partial charge in [-0.15, -0.1) is 0 Å². The zero-order valence-corrected chi connectivity index (χ0v) is 31.4. The largest absolute Gasteiger partial charge is 0.505 e. The number of benzene rings is 3. The number of halogens is 1. The SMILES string of the molecule is COC1=CC(=O)C=C(C)[C@]1(O)C(=O)Oc1c(C)c(C)c(C(=O)Oc2cc(C)c(C(=O)Oc3c(C)c(C)c(C(=O)O)c(C)c3C)c(C)c2C)c(O)c1Cl. The van der Waals surface area contributed by atoms with E-state index in [1.807, 2.05) is 0 Å². The van der Waals surface area contributed by atoms with Crippen LogP contribution >= 0.6 is 11.6 Å². The molecule has 0 aromatic heterocycles. The Morgan fingerprint density at radius 2 is 1.17 bits per heavy atom. The van der Waals surface area contributed by atoms with E-state index in [0.717, 1.165) is 12.2 Å². The second kappa shape index (κ2) is 14.3. The summed E-state index contributed by atoms with van der Waals surface area (Å²) in [5.74, 6) is -5.67. The number of aryl methyl sites for hydroxylation is 1. The first-order valence-corrected chi connectivity index (χ1v) is 16.3. The number of phenolic OH excluding ortho intramolecular Hbond substituents is 1. The van der Waals surface area contributed by atoms with Crippen molar-refractivity contribution in [1.82, 2.24) is 0 Å². The Morgan fingerprint density at radius 3 is 1.71 bits per heavy atom. The predicted molar refractivity (Wildman–Crippen MR) is 190 cm³/mol. The zero-order valence-electron chi connectivity index (χ0n) is 30.6. The molecule has 0 bridgehead atoms. The van der Waals surface area contributed by atoms with E-state index in [0.29, 0.717) is 38.9 Å². The fraction of sp³-hybridized carbons (Fsp3) is 0.308. The number of methoxy groups -OCH3 is 1. The van der Waals surface area contributed by atoms with Gasteiger partial charge in [-0.05, 0) is 137 Å². The molecule has 0 spiro atoms. The van der Waals surface area contributed by atoms with Crippen LogP contribution in [0.2, 0.25) is 5.02 Å². The molecule has 13 heteroatoms. The van der Waals surface area contributed by atoms with Crippen LogP contribution in [0.15, 0.2) is 29.6 Å². The average molecular weight is 735 g/mol. The summed E-state index contributed by atoms with van der Waals surface area (Å²) in [5.41, 5.74) is 1.10. The third kappa shape index (κ3) is 6.44. The van der Waals surface area contributed by atoms with Crippen molar-refractivity contribution < 1.29 is 58.2 Å². The summed E-state index contributed by atoms with van der Waals surface area (Å²) in [7, 11) is 1.17. The Morgan fingerprint density at radius 1 is 0.673 bits per heavy atom. The molecule has 3 aromatic carbocycles. The number of aromatic hydroxyl groups is 1. The predicted octanol–water partition coefficient (Wildman–Crippen LogP) is 6.65. The monoisotopic (exact) mass is 734 g/mol. The highest BCUT2D eigenvalue weighted by atomic mass is 35.5. The van der Waals surface area contributed by atoms with Crippen LogP contribution in [0.25, 0.3) is 0 Å². The van der Waals surface area contributed by atoms with Crippen molar-refractivity contribution in [2.45, 2.75) is 74.8 Å². The third-order valence-electron chi connectivity index (χ3n) is 9.82. The van der Waals surface area contributed by atoms with Crippen molar-refractivity contribution in [3.05, 3.63) is 101 Å². The van der Waals surface area contributed by atoms with E-state index in [4.69, 9.17) is 30.5 Å². The van der Waals surface area contributed by atoms with E-state index in [9.17, 15) is 39.3 Å². The van der Waals surface area contributed by atoms with Crippen LogP contribution in [0.5, 0.6) is 23.0 Å². The number of hydrogen-bond donors (Lipinski definition) is 3. The number of phenols is 1. The van der Waals surface area contributed by atoms with Crippen LogP contribution in [0.4, 0.5) is 0 Å². The zero-order chi connectivity index (χ0) is 39.3. The van der Waals surface area contributed by atoms with Gasteiger partial charge in [-0.1, -0.05) is 11.6 Å². The number of aromatic carboxylic acids is 1. The van der Waals surface area contributed by atoms with Gasteiger partial charge in [-0.3, -0.25) is 4.79 Å². The lowest BCUT2D eigenvalue weighted by Gasteiger charge is -2.30. The molecule has 0 fully saturated rings. The maximum Gasteiger partial charge on any atom is 0.356 e. The highest BCUT2D eigenvalue weighted by Crippen LogP contribution is 2.44. The fourth-order valence-electron chi connectivity index (χ4n) is 6.22. The number of ether oxygens (including phenoxy) is 4. The molecule has 0 heterocycles. The molecule has 0 saturated carbocycles. The fourth-order valence-corrected chi connectivity index (χ4v) is 6.50. The van der Waals surface area contributed by atoms with Gasteiger partial charge in [0.05, 0.1) is 18.2 Å². The number of hydrogen-bond acceptors (Lipinski definition) is 11. The van der Waals surface area contributed by atoms with Crippen molar-refractivity contribution in [3.63, 3.8) is 0 Å². The molecule has 1 aliphatic rings. The number of carbonyl (C=O) groups is 5. The number of rotatable bonds is 8. The molecule has 274 valence electrons. The summed E-state index contributed by atoms with van der Waals surface area (Å²) in [6, 6.07) is 1.48. The first-order valence-electron chi connectivity index (χ1n) is 15.9. The van der Waals surface area contributed by atoms with Crippen LogP contribution in [0.3, 0.4) is 0 Å². The quantitative estimate of drug-likeness (QED) is 0.166. The molecule has 0 unspecified atom stereocenters. The Labute approximate surface area is 305 Å². The molecule has 0 saturated heterocycles. The molecular weight excluding hydrogens is 696 g/mol. The molecule has 3 aromatic rings. The Hall–Kier alpha value is -5.46. The van der Waals surface area contributed by atoms with Gasteiger partial charge in [-0.25, -0.2) is 19.2 Å². The second-order valence-corrected chi connectivity index (χ2v) is 13.1. The molecule has 0 radical (unpaired) electrons. The van der Waals surface area contributed by atoms with E-state index in [1.165, 1.54) is 33.9 Å². The van der Waals surface area contributed by atoms with Crippen LogP contribution in [0.1, 0.15) is 88.1 Å². The maximum absolute atomic E-state index is 13.6. The number of ketones is 1. The smallest absolute Gasteiger partial charge is 0.356 e. The molecule has 4 rings (SSSR count). The minimum Gasteiger partial charge on any atom is -0.505 e. The molecular formula is C39H39ClO12. The van der Waals surface area contributed by atoms with Crippen LogP contribution in [-0.2, 0) is 14.3 Å². The summed E-state index contributed by atoms with van der Waals surface area (Å²) >= 11 is 6.44. The second-order valence-electron chi connectivity index (χ2n) is 12.8. The van der Waals surface area contributed by atoms with Crippen molar-refractivity contribution in [1.29, 1.82) is 0 Å². The summed E-state index contributed by atoms with van der Waals surface area (Å²) in [5, 5.41) is 31.5. The number of allylic oxidation sites excluding steroid dienone is 2. The van der Waals surface area contributed by atoms with E-state index in [1.54, 1.807) is 48.5 Å². The van der Waals surface area contributed by atoms with E-state index in [2.05, 4.69) is 0 Å². The lowest BCUT2D eigenvalue weighted by Crippen LogP contribution is -2.47. The molecule has 12 nitrogen and oxygen atoms in total. The molecule has 3 N–H and O–H groups in total. The van der Waals surface area contributed by atoms with Crippen LogP contribution < -0.4 is 14.2 Å². The Kier molecular flexibility index (Phi) is 10.8. The molecule has 1 atom stereocenters. The number of esters is 3. The van der Waals surface area contributed by atoms with Gasteiger partial charge in [0, 0.05) is 6.08 Å². The van der Waals surface area contributed by atoms with E-state index < -0.39 is 46.0 Å². The topological polar surface area (TPSA) is 183 Å². The van der Waals surface area contributed by atoms with E-state index in [-0.39, 0.29) is 56.4 Å². The summed E-state index contributed by atoms with van der Waals surface area (Å²) < 4.78 is 22.1. The number of carbonyl (C=O) groups excluding carboxylic acids is 4. The lowest BCUT2D eigenvalue weighted by atomic mass is 9.87. The van der Waals surface area contributed by atoms with Gasteiger partial charge in [0.2, 0.25) is 5.60 Å². The molecule has 0 amide bonds. The molecule has 1 aliphatic carbocycles. The highest BCUT2D eigenvalue weighted by Gasteiger charge is 2.48. The van der Waals surface area contributed by atoms with Crippen LogP contribution in [-0.4, -0.2) is 57.7 Å². The minimum atomic E-state index is -2.47. The van der Waals surface area contributed by atoms with Gasteiger partial charge in [0.15, 0.2) is 17.3 Å². The number of carboxylic acid groups (broad SMARTS) is 1. The van der Waals surface area contributed by atoms with E-state index >= 15 is 0 Å². The van der Waals surface area contributed by atoms with Crippen molar-refractivity contribution in [2.24, 2.45) is 0 Å². The van der Waals surface area contributed by atoms with Gasteiger partial charge < -0.3 is 34.3 Å². The Balaban J connectivity index is 1.66. The van der Waals surface area contributed by atoms with Gasteiger partial charge >= 0.3 is 23.9 Å². The molecule has 0 aliphatic heterocycles. The van der Waals surface area contributed by atoms with Gasteiger partial charge in [-0.2, -0.15) is 0 Å². The summed E-state index contributed by atoms with van der Waals surface area (Å²) in [6.45, 7) is 15.9. The third-order valence-corrected chi connectivity index (χ3v) is 10.2. The maximum atomic E-state index is 13.6. The normalized spacial score (nSPS) is 15.4. The Bertz CT molecular complexity index is 2130. The first-order chi connectivity index (χ1) is 24.1. The minimum absolute atomic E-state index is 0.0678. The van der Waals surface area contributed by atoms with Crippen molar-refractivity contribution in [2.75, 3.05) is 7.11 Å². The summed E-state index contributed by atoms with van der Waals surface area (Å²) in [6.07, 6.45) is 1.99. The van der Waals surface area contributed by atoms with Crippen molar-refractivity contribution in [3.8, 4) is 23.0 Å². The molecule has 52 heavy (non-hydrogen) atoms. The first kappa shape index (κ1) is 39.3. The lowest BCUT2D eigenvalue weighted by molar-refractivity contribution is -0.151. The number of carboxylic acids is 1. The standard InChI is InChI=1S/C39H39ClO12/c1-15-12-26(17(3)18(4)28(15)36(45)51-33-22(8)19(5)29(35(43)44)20(6)23(33)9)50-37(46)30-21(7)24(10)34(31(40)32(30)42)52-38(47)39(48)16(2)13-25(41)14-27(39)49-11/h12-14,42,48H,1-11H3,(H,43,44)/t39-/m1/s1. The van der Waals surface area contributed by atoms with Crippen LogP contribution in [0, 0.1) is 62.3 Å². The number of aliphatic hydroxyl groups is 1. The highest BCUT2D eigenvalue weighted by molar-refractivity contribution is 6.34. The summed E-state index contributed by atoms with van der Waals surface area (Å²) in [4.78, 5) is 64.3. The van der Waals surface area contributed by atoms with Gasteiger partial charge in [0.25, 0.3) is 0 Å². The van der Waals surface area contributed by atoms with Gasteiger partial charge in [0.1, 0.15) is 27.8 Å². The average Bonchev–Trinajstić information content (AvgIpc) is 3.07.